The third-order valence-corrected chi connectivity index (χ3v) is 6.97. The second kappa shape index (κ2) is 10.3. The van der Waals surface area contributed by atoms with E-state index in [-0.39, 0.29) is 11.7 Å². The molecule has 5 rings (SSSR count). The predicted octanol–water partition coefficient (Wildman–Crippen LogP) is 3.38. The van der Waals surface area contributed by atoms with Crippen LogP contribution in [0.25, 0.3) is 11.3 Å². The van der Waals surface area contributed by atoms with Crippen LogP contribution in [0.2, 0.25) is 0 Å². The van der Waals surface area contributed by atoms with Crippen molar-refractivity contribution in [2.75, 3.05) is 44.2 Å². The van der Waals surface area contributed by atoms with Gasteiger partial charge in [-0.25, -0.2) is 9.37 Å². The summed E-state index contributed by atoms with van der Waals surface area (Å²) in [6, 6.07) is 14.1. The Kier molecular flexibility index (Phi) is 6.85. The van der Waals surface area contributed by atoms with Gasteiger partial charge in [0.05, 0.1) is 5.69 Å². The van der Waals surface area contributed by atoms with Crippen molar-refractivity contribution in [3.63, 3.8) is 0 Å². The minimum atomic E-state index is -0.276. The van der Waals surface area contributed by atoms with Crippen LogP contribution in [0.5, 0.6) is 0 Å². The number of anilines is 1. The van der Waals surface area contributed by atoms with Gasteiger partial charge in [-0.05, 0) is 74.2 Å². The van der Waals surface area contributed by atoms with Crippen molar-refractivity contribution in [1.82, 2.24) is 20.4 Å². The van der Waals surface area contributed by atoms with E-state index in [9.17, 15) is 9.18 Å². The van der Waals surface area contributed by atoms with E-state index in [0.29, 0.717) is 24.0 Å². The minimum Gasteiger partial charge on any atom is -0.356 e. The molecule has 2 atom stereocenters. The molecule has 0 aliphatic carbocycles. The molecule has 0 unspecified atom stereocenters. The quantitative estimate of drug-likeness (QED) is 0.604. The molecular weight excluding hydrogens is 433 g/mol. The topological polar surface area (TPSA) is 74.5 Å². The number of nitrogens with one attached hydrogen (secondary N) is 1. The van der Waals surface area contributed by atoms with Crippen LogP contribution < -0.4 is 10.2 Å². The molecular formula is C26H30FN5O2. The Labute approximate surface area is 198 Å². The van der Waals surface area contributed by atoms with Gasteiger partial charge in [0, 0.05) is 50.4 Å². The largest absolute Gasteiger partial charge is 0.356 e. The highest BCUT2D eigenvalue weighted by atomic mass is 19.1. The maximum absolute atomic E-state index is 13.2. The number of piperazine rings is 1. The molecule has 2 aliphatic rings. The van der Waals surface area contributed by atoms with Crippen molar-refractivity contribution in [2.45, 2.75) is 19.3 Å². The smallest absolute Gasteiger partial charge is 0.222 e. The molecule has 1 aromatic carbocycles. The van der Waals surface area contributed by atoms with Gasteiger partial charge in [0.25, 0.3) is 0 Å². The first-order valence-corrected chi connectivity index (χ1v) is 12.0. The first-order chi connectivity index (χ1) is 16.7. The number of carbonyl (C=O) groups excluding carboxylic acids is 1. The van der Waals surface area contributed by atoms with E-state index in [1.165, 1.54) is 12.1 Å². The highest BCUT2D eigenvalue weighted by Gasteiger charge is 2.31. The van der Waals surface area contributed by atoms with E-state index in [1.54, 1.807) is 12.1 Å². The van der Waals surface area contributed by atoms with E-state index < -0.39 is 0 Å². The summed E-state index contributed by atoms with van der Waals surface area (Å²) in [5, 5.41) is 7.71. The van der Waals surface area contributed by atoms with E-state index in [2.05, 4.69) is 20.4 Å². The summed E-state index contributed by atoms with van der Waals surface area (Å²) in [6.45, 7) is 4.88. The number of amides is 1. The minimum absolute atomic E-state index is 0.240. The van der Waals surface area contributed by atoms with Crippen LogP contribution in [-0.2, 0) is 11.2 Å². The lowest BCUT2D eigenvalue weighted by atomic mass is 9.81. The van der Waals surface area contributed by atoms with Gasteiger partial charge in [-0.2, -0.15) is 0 Å². The van der Waals surface area contributed by atoms with Crippen molar-refractivity contribution in [2.24, 2.45) is 11.8 Å². The molecule has 2 aliphatic heterocycles. The van der Waals surface area contributed by atoms with Crippen molar-refractivity contribution in [3.8, 4) is 11.3 Å². The van der Waals surface area contributed by atoms with Crippen LogP contribution >= 0.6 is 0 Å². The Morgan fingerprint density at radius 3 is 2.68 bits per heavy atom. The number of hydrogen-bond acceptors (Lipinski definition) is 6. The summed E-state index contributed by atoms with van der Waals surface area (Å²) >= 11 is 0. The summed E-state index contributed by atoms with van der Waals surface area (Å²) in [5.74, 6) is 2.21. The summed E-state index contributed by atoms with van der Waals surface area (Å²) in [7, 11) is 0. The molecule has 2 fully saturated rings. The first kappa shape index (κ1) is 22.5. The standard InChI is InChI=1S/C26H30FN5O2/c27-22-6-4-19(5-7-22)24-17-23(30-34-24)15-21-18-28-10-8-20(21)16-26(33)32-13-11-31(12-14-32)25-3-1-2-9-29-25/h1-7,9,17,20-21,28H,8,10-16,18H2/t20-,21-/m0/s1. The van der Waals surface area contributed by atoms with Gasteiger partial charge in [0.2, 0.25) is 5.91 Å². The lowest BCUT2D eigenvalue weighted by molar-refractivity contribution is -0.133. The Morgan fingerprint density at radius 1 is 1.09 bits per heavy atom. The Balaban J connectivity index is 1.17. The monoisotopic (exact) mass is 463 g/mol. The number of hydrogen-bond donors (Lipinski definition) is 1. The second-order valence-corrected chi connectivity index (χ2v) is 9.17. The van der Waals surface area contributed by atoms with Crippen LogP contribution in [-0.4, -0.2) is 60.2 Å². The number of piperidine rings is 1. The number of nitrogens with zero attached hydrogens (tertiary/aromatic N) is 4. The number of carbonyl (C=O) groups is 1. The van der Waals surface area contributed by atoms with Gasteiger partial charge < -0.3 is 19.6 Å². The zero-order chi connectivity index (χ0) is 23.3. The number of rotatable bonds is 6. The molecule has 0 saturated carbocycles. The molecule has 2 saturated heterocycles. The summed E-state index contributed by atoms with van der Waals surface area (Å²) < 4.78 is 18.7. The summed E-state index contributed by atoms with van der Waals surface area (Å²) in [4.78, 5) is 21.8. The van der Waals surface area contributed by atoms with Crippen LogP contribution in [0.15, 0.2) is 59.3 Å². The summed E-state index contributed by atoms with van der Waals surface area (Å²) in [6.07, 6.45) is 4.11. The van der Waals surface area contributed by atoms with Crippen LogP contribution in [0.1, 0.15) is 18.5 Å². The highest BCUT2D eigenvalue weighted by Crippen LogP contribution is 2.29. The molecule has 0 bridgehead atoms. The molecule has 4 heterocycles. The zero-order valence-corrected chi connectivity index (χ0v) is 19.2. The van der Waals surface area contributed by atoms with Gasteiger partial charge in [0.1, 0.15) is 11.6 Å². The predicted molar refractivity (Wildman–Crippen MR) is 128 cm³/mol. The van der Waals surface area contributed by atoms with E-state index >= 15 is 0 Å². The van der Waals surface area contributed by atoms with Gasteiger partial charge in [0.15, 0.2) is 5.76 Å². The van der Waals surface area contributed by atoms with E-state index in [1.807, 2.05) is 35.4 Å². The average Bonchev–Trinajstić information content (AvgIpc) is 3.35. The average molecular weight is 464 g/mol. The van der Waals surface area contributed by atoms with Crippen molar-refractivity contribution in [1.29, 1.82) is 0 Å². The maximum Gasteiger partial charge on any atom is 0.222 e. The normalized spacial score (nSPS) is 21.0. The zero-order valence-electron chi connectivity index (χ0n) is 19.2. The van der Waals surface area contributed by atoms with Crippen LogP contribution in [0.3, 0.4) is 0 Å². The number of halogens is 1. The van der Waals surface area contributed by atoms with Gasteiger partial charge in [-0.3, -0.25) is 4.79 Å². The fourth-order valence-corrected chi connectivity index (χ4v) is 4.99. The highest BCUT2D eigenvalue weighted by molar-refractivity contribution is 5.76. The maximum atomic E-state index is 13.2. The molecule has 34 heavy (non-hydrogen) atoms. The molecule has 0 radical (unpaired) electrons. The van der Waals surface area contributed by atoms with Crippen molar-refractivity contribution >= 4 is 11.7 Å². The molecule has 1 amide bonds. The van der Waals surface area contributed by atoms with E-state index in [0.717, 1.165) is 69.2 Å². The van der Waals surface area contributed by atoms with Crippen molar-refractivity contribution in [3.05, 3.63) is 66.2 Å². The fraction of sp³-hybridized carbons (Fsp3) is 0.423. The number of aromatic nitrogens is 2. The molecule has 8 heteroatoms. The molecule has 1 N–H and O–H groups in total. The summed E-state index contributed by atoms with van der Waals surface area (Å²) in [5.41, 5.74) is 1.67. The van der Waals surface area contributed by atoms with Crippen LogP contribution in [0.4, 0.5) is 10.2 Å². The lowest BCUT2D eigenvalue weighted by Crippen LogP contribution is -2.50. The third-order valence-electron chi connectivity index (χ3n) is 6.97. The number of benzene rings is 1. The van der Waals surface area contributed by atoms with Gasteiger partial charge in [-0.1, -0.05) is 11.2 Å². The van der Waals surface area contributed by atoms with E-state index in [4.69, 9.17) is 4.52 Å². The third kappa shape index (κ3) is 5.28. The number of pyridine rings is 1. The van der Waals surface area contributed by atoms with Gasteiger partial charge >= 0.3 is 0 Å². The first-order valence-electron chi connectivity index (χ1n) is 12.0. The Bertz CT molecular complexity index is 1080. The Hall–Kier alpha value is -3.26. The van der Waals surface area contributed by atoms with Gasteiger partial charge in [-0.15, -0.1) is 0 Å². The molecule has 178 valence electrons. The van der Waals surface area contributed by atoms with Crippen molar-refractivity contribution < 1.29 is 13.7 Å². The SMILES string of the molecule is O=C(C[C@@H]1CCNC[C@@H]1Cc1cc(-c2ccc(F)cc2)on1)N1CCN(c2ccccn2)CC1. The molecule has 0 spiro atoms. The fourth-order valence-electron chi connectivity index (χ4n) is 4.99. The second-order valence-electron chi connectivity index (χ2n) is 9.17. The molecule has 3 aromatic rings. The van der Waals surface area contributed by atoms with Crippen LogP contribution in [0, 0.1) is 17.7 Å². The lowest BCUT2D eigenvalue weighted by Gasteiger charge is -2.37. The Morgan fingerprint density at radius 2 is 1.91 bits per heavy atom. The molecule has 7 nitrogen and oxygen atoms in total. The molecule has 2 aromatic heterocycles.